The monoisotopic (exact) mass is 469 g/mol. The molecule has 1 aliphatic carbocycles. The second-order valence-electron chi connectivity index (χ2n) is 11.4. The molecule has 0 spiro atoms. The van der Waals surface area contributed by atoms with E-state index in [4.69, 9.17) is 14.8 Å². The Labute approximate surface area is 198 Å². The molecule has 0 amide bonds. The predicted molar refractivity (Wildman–Crippen MR) is 130 cm³/mol. The van der Waals surface area contributed by atoms with Gasteiger partial charge in [-0.15, -0.1) is 11.8 Å². The Kier molecular flexibility index (Phi) is 9.65. The summed E-state index contributed by atoms with van der Waals surface area (Å²) in [5.74, 6) is 0.150. The molecule has 7 heteroatoms. The van der Waals surface area contributed by atoms with Crippen molar-refractivity contribution in [3.63, 3.8) is 0 Å². The molecule has 2 rings (SSSR count). The summed E-state index contributed by atoms with van der Waals surface area (Å²) in [5.41, 5.74) is -0.652. The van der Waals surface area contributed by atoms with Crippen LogP contribution in [0.5, 0.6) is 0 Å². The number of nitrogens with zero attached hydrogens (tertiary/aromatic N) is 1. The molecule has 0 bridgehead atoms. The smallest absolute Gasteiger partial charge is 0.309 e. The van der Waals surface area contributed by atoms with Crippen LogP contribution in [0.15, 0.2) is 4.99 Å². The second-order valence-corrected chi connectivity index (χ2v) is 12.4. The van der Waals surface area contributed by atoms with E-state index in [1.54, 1.807) is 11.8 Å². The second kappa shape index (κ2) is 11.4. The zero-order chi connectivity index (χ0) is 24.1. The van der Waals surface area contributed by atoms with Crippen LogP contribution in [-0.4, -0.2) is 51.2 Å². The van der Waals surface area contributed by atoms with Gasteiger partial charge in [0.05, 0.1) is 23.1 Å². The normalized spacial score (nSPS) is 23.0. The van der Waals surface area contributed by atoms with E-state index in [9.17, 15) is 14.7 Å². The molecular weight excluding hydrogens is 426 g/mol. The van der Waals surface area contributed by atoms with Gasteiger partial charge in [0.15, 0.2) is 0 Å². The highest BCUT2D eigenvalue weighted by molar-refractivity contribution is 8.14. The van der Waals surface area contributed by atoms with Gasteiger partial charge in [-0.3, -0.25) is 14.6 Å². The topological polar surface area (TPSA) is 96.2 Å². The molecule has 32 heavy (non-hydrogen) atoms. The summed E-state index contributed by atoms with van der Waals surface area (Å²) >= 11 is 1.63. The molecular formula is C25H43NO5S. The molecule has 1 heterocycles. The van der Waals surface area contributed by atoms with Crippen molar-refractivity contribution in [1.29, 1.82) is 0 Å². The largest absolute Gasteiger partial charge is 0.481 e. The number of aliphatic imine (C=N–C) groups is 1. The van der Waals surface area contributed by atoms with Crippen LogP contribution in [0.3, 0.4) is 0 Å². The number of aliphatic carboxylic acids is 1. The molecule has 0 aromatic carbocycles. The number of aliphatic hydroxyl groups excluding tert-OH is 1. The van der Waals surface area contributed by atoms with Gasteiger partial charge in [0.2, 0.25) is 0 Å². The Hall–Kier alpha value is -1.08. The summed E-state index contributed by atoms with van der Waals surface area (Å²) < 4.78 is 6.00. The van der Waals surface area contributed by atoms with Gasteiger partial charge in [-0.25, -0.2) is 0 Å². The first-order chi connectivity index (χ1) is 14.8. The first kappa shape index (κ1) is 27.2. The molecule has 184 valence electrons. The number of hydrogen-bond acceptors (Lipinski definition) is 6. The minimum Gasteiger partial charge on any atom is -0.481 e. The van der Waals surface area contributed by atoms with Crippen LogP contribution in [0.25, 0.3) is 0 Å². The highest BCUT2D eigenvalue weighted by Crippen LogP contribution is 2.39. The zero-order valence-electron chi connectivity index (χ0n) is 20.7. The zero-order valence-corrected chi connectivity index (χ0v) is 21.5. The molecule has 0 radical (unpaired) electrons. The molecule has 4 atom stereocenters. The minimum atomic E-state index is -0.797. The van der Waals surface area contributed by atoms with E-state index >= 15 is 0 Å². The summed E-state index contributed by atoms with van der Waals surface area (Å²) in [6.45, 7) is 12.4. The Morgan fingerprint density at radius 1 is 1.16 bits per heavy atom. The third-order valence-corrected chi connectivity index (χ3v) is 8.40. The lowest BCUT2D eigenvalue weighted by atomic mass is 9.78. The van der Waals surface area contributed by atoms with Crippen LogP contribution in [0.1, 0.15) is 92.9 Å². The van der Waals surface area contributed by atoms with Crippen molar-refractivity contribution < 1.29 is 24.5 Å². The summed E-state index contributed by atoms with van der Waals surface area (Å²) in [6, 6.07) is 0.00951. The van der Waals surface area contributed by atoms with Gasteiger partial charge in [0.1, 0.15) is 6.10 Å². The van der Waals surface area contributed by atoms with Crippen LogP contribution in [0.4, 0.5) is 0 Å². The summed E-state index contributed by atoms with van der Waals surface area (Å²) in [5, 5.41) is 20.9. The van der Waals surface area contributed by atoms with Gasteiger partial charge in [-0.05, 0) is 43.4 Å². The predicted octanol–water partition coefficient (Wildman–Crippen LogP) is 5.32. The summed E-state index contributed by atoms with van der Waals surface area (Å²) in [4.78, 5) is 28.2. The van der Waals surface area contributed by atoms with Crippen LogP contribution in [0.2, 0.25) is 0 Å². The Morgan fingerprint density at radius 2 is 1.78 bits per heavy atom. The third kappa shape index (κ3) is 7.75. The third-order valence-electron chi connectivity index (χ3n) is 6.94. The van der Waals surface area contributed by atoms with E-state index in [1.807, 2.05) is 13.8 Å². The van der Waals surface area contributed by atoms with Crippen molar-refractivity contribution in [1.82, 2.24) is 0 Å². The molecule has 1 unspecified atom stereocenters. The molecule has 2 aliphatic rings. The van der Waals surface area contributed by atoms with E-state index in [-0.39, 0.29) is 41.8 Å². The van der Waals surface area contributed by atoms with Crippen LogP contribution >= 0.6 is 11.8 Å². The lowest BCUT2D eigenvalue weighted by Crippen LogP contribution is -2.38. The number of carbonyl (C=O) groups is 2. The fourth-order valence-corrected chi connectivity index (χ4v) is 5.79. The number of esters is 1. The molecule has 1 aliphatic heterocycles. The maximum atomic E-state index is 12.6. The standard InChI is InChI=1S/C25H43NO5S/c1-16(14-20(24(2,3)4)31-22(30)17-9-7-8-10-17)13-19(27)25(5,6)23-26-18(15-32-23)11-12-21(28)29/h16-20,27H,7-15H2,1-6H3,(H,28,29)/t16-,18-,19-,20?/m0/s1. The molecule has 0 aromatic heterocycles. The average Bonchev–Trinajstić information content (AvgIpc) is 3.37. The van der Waals surface area contributed by atoms with Gasteiger partial charge < -0.3 is 14.9 Å². The van der Waals surface area contributed by atoms with Gasteiger partial charge in [0.25, 0.3) is 0 Å². The SMILES string of the molecule is C[C@H](CC(OC(=O)C1CCCC1)C(C)(C)C)C[C@H](O)C(C)(C)C1=N[C@@H](CCC(=O)O)CS1. The van der Waals surface area contributed by atoms with E-state index in [0.717, 1.165) is 42.9 Å². The van der Waals surface area contributed by atoms with Crippen molar-refractivity contribution >= 4 is 28.7 Å². The van der Waals surface area contributed by atoms with Gasteiger partial charge in [-0.1, -0.05) is 54.4 Å². The van der Waals surface area contributed by atoms with Gasteiger partial charge >= 0.3 is 11.9 Å². The number of carboxylic acids is 1. The van der Waals surface area contributed by atoms with Gasteiger partial charge in [0, 0.05) is 17.6 Å². The molecule has 0 saturated heterocycles. The molecule has 1 fully saturated rings. The molecule has 0 aromatic rings. The quantitative estimate of drug-likeness (QED) is 0.398. The van der Waals surface area contributed by atoms with Crippen LogP contribution < -0.4 is 0 Å². The molecule has 2 N–H and O–H groups in total. The van der Waals surface area contributed by atoms with Crippen LogP contribution in [0, 0.1) is 22.7 Å². The summed E-state index contributed by atoms with van der Waals surface area (Å²) in [7, 11) is 0. The van der Waals surface area contributed by atoms with Crippen molar-refractivity contribution in [3.05, 3.63) is 0 Å². The Morgan fingerprint density at radius 3 is 2.34 bits per heavy atom. The number of hydrogen-bond donors (Lipinski definition) is 2. The van der Waals surface area contributed by atoms with E-state index in [1.165, 1.54) is 0 Å². The fourth-order valence-electron chi connectivity index (χ4n) is 4.46. The molecule has 1 saturated carbocycles. The van der Waals surface area contributed by atoms with E-state index in [2.05, 4.69) is 27.7 Å². The Balaban J connectivity index is 1.94. The first-order valence-electron chi connectivity index (χ1n) is 12.1. The number of carbonyl (C=O) groups excluding carboxylic acids is 1. The maximum absolute atomic E-state index is 12.6. The Bertz CT molecular complexity index is 678. The van der Waals surface area contributed by atoms with Crippen molar-refractivity contribution in [2.75, 3.05) is 5.75 Å². The fraction of sp³-hybridized carbons (Fsp3) is 0.880. The number of carboxylic acid groups (broad SMARTS) is 1. The number of thioether (sulfide) groups is 1. The molecule has 6 nitrogen and oxygen atoms in total. The highest BCUT2D eigenvalue weighted by atomic mass is 32.2. The van der Waals surface area contributed by atoms with Crippen molar-refractivity contribution in [2.45, 2.75) is 111 Å². The number of ether oxygens (including phenoxy) is 1. The van der Waals surface area contributed by atoms with E-state index in [0.29, 0.717) is 12.8 Å². The lowest BCUT2D eigenvalue weighted by Gasteiger charge is -2.36. The van der Waals surface area contributed by atoms with Crippen LogP contribution in [-0.2, 0) is 14.3 Å². The number of aliphatic hydroxyl groups is 1. The van der Waals surface area contributed by atoms with Crippen molar-refractivity contribution in [3.8, 4) is 0 Å². The van der Waals surface area contributed by atoms with Crippen molar-refractivity contribution in [2.24, 2.45) is 27.7 Å². The average molecular weight is 470 g/mol. The lowest BCUT2D eigenvalue weighted by molar-refractivity contribution is -0.161. The first-order valence-corrected chi connectivity index (χ1v) is 13.1. The number of rotatable bonds is 11. The minimum absolute atomic E-state index is 0.00951. The maximum Gasteiger partial charge on any atom is 0.309 e. The highest BCUT2D eigenvalue weighted by Gasteiger charge is 2.39. The van der Waals surface area contributed by atoms with Gasteiger partial charge in [-0.2, -0.15) is 0 Å². The summed E-state index contributed by atoms with van der Waals surface area (Å²) in [6.07, 6.45) is 5.30. The van der Waals surface area contributed by atoms with E-state index < -0.39 is 17.5 Å².